The zero-order chi connectivity index (χ0) is 14.7. The zero-order valence-corrected chi connectivity index (χ0v) is 14.7. The summed E-state index contributed by atoms with van der Waals surface area (Å²) in [5, 5.41) is 13.6. The average molecular weight is 439 g/mol. The molecule has 1 atom stereocenters. The Kier molecular flexibility index (Phi) is 5.36. The fraction of sp³-hybridized carbons (Fsp3) is 0.167. The third-order valence-corrected chi connectivity index (χ3v) is 5.80. The quantitative estimate of drug-likeness (QED) is 0.731. The van der Waals surface area contributed by atoms with E-state index < -0.39 is 12.0 Å². The molecule has 106 valence electrons. The molecule has 2 N–H and O–H groups in total. The van der Waals surface area contributed by atoms with Gasteiger partial charge in [-0.2, -0.15) is 0 Å². The predicted molar refractivity (Wildman–Crippen MR) is 86.5 cm³/mol. The summed E-state index contributed by atoms with van der Waals surface area (Å²) >= 11 is 9.45. The van der Waals surface area contributed by atoms with Crippen LogP contribution in [-0.4, -0.2) is 17.0 Å². The predicted octanol–water partition coefficient (Wildman–Crippen LogP) is 4.28. The molecule has 20 heavy (non-hydrogen) atoms. The molecule has 1 unspecified atom stereocenters. The number of thiophene rings is 2. The Balaban J connectivity index is 2.17. The first-order valence-corrected chi connectivity index (χ1v) is 8.76. The number of carbonyl (C=O) groups is 2. The smallest absolute Gasteiger partial charge is 0.305 e. The van der Waals surface area contributed by atoms with Crippen LogP contribution in [0.15, 0.2) is 31.2 Å². The maximum atomic E-state index is 12.2. The van der Waals surface area contributed by atoms with Gasteiger partial charge < -0.3 is 10.4 Å². The molecule has 0 aliphatic rings. The van der Waals surface area contributed by atoms with E-state index >= 15 is 0 Å². The summed E-state index contributed by atoms with van der Waals surface area (Å²) in [6.07, 6.45) is -0.144. The average Bonchev–Trinajstić information content (AvgIpc) is 2.97. The molecule has 0 aliphatic heterocycles. The van der Waals surface area contributed by atoms with E-state index in [2.05, 4.69) is 37.2 Å². The molecule has 1 amide bonds. The van der Waals surface area contributed by atoms with Crippen molar-refractivity contribution in [1.29, 1.82) is 0 Å². The minimum atomic E-state index is -0.950. The van der Waals surface area contributed by atoms with Crippen molar-refractivity contribution in [3.63, 3.8) is 0 Å². The van der Waals surface area contributed by atoms with E-state index in [1.807, 2.05) is 17.5 Å². The van der Waals surface area contributed by atoms with Gasteiger partial charge in [-0.1, -0.05) is 6.07 Å². The third-order valence-electron chi connectivity index (χ3n) is 2.47. The molecule has 0 saturated heterocycles. The lowest BCUT2D eigenvalue weighted by molar-refractivity contribution is -0.137. The number of carboxylic acids is 1. The van der Waals surface area contributed by atoms with Gasteiger partial charge in [-0.15, -0.1) is 22.7 Å². The van der Waals surface area contributed by atoms with E-state index in [1.54, 1.807) is 6.07 Å². The van der Waals surface area contributed by atoms with Crippen molar-refractivity contribution in [2.45, 2.75) is 12.5 Å². The normalized spacial score (nSPS) is 12.1. The standard InChI is InChI=1S/C12H9Br2NO3S2/c13-9-4-6(11(14)20-9)12(18)15-7(5-10(16)17)8-2-1-3-19-8/h1-4,7H,5H2,(H,15,18)(H,16,17). The van der Waals surface area contributed by atoms with Crippen molar-refractivity contribution < 1.29 is 14.7 Å². The number of carbonyl (C=O) groups excluding carboxylic acids is 1. The molecular weight excluding hydrogens is 430 g/mol. The number of rotatable bonds is 5. The molecule has 2 heterocycles. The van der Waals surface area contributed by atoms with Gasteiger partial charge in [-0.05, 0) is 49.4 Å². The zero-order valence-electron chi connectivity index (χ0n) is 9.93. The second kappa shape index (κ2) is 6.84. The van der Waals surface area contributed by atoms with Gasteiger partial charge in [0.15, 0.2) is 0 Å². The van der Waals surface area contributed by atoms with Gasteiger partial charge in [0, 0.05) is 4.88 Å². The molecular formula is C12H9Br2NO3S2. The molecule has 0 radical (unpaired) electrons. The van der Waals surface area contributed by atoms with Gasteiger partial charge in [-0.3, -0.25) is 9.59 Å². The topological polar surface area (TPSA) is 66.4 Å². The minimum absolute atomic E-state index is 0.144. The van der Waals surface area contributed by atoms with Gasteiger partial charge in [0.05, 0.1) is 25.6 Å². The summed E-state index contributed by atoms with van der Waals surface area (Å²) in [4.78, 5) is 24.0. The Morgan fingerprint density at radius 2 is 2.15 bits per heavy atom. The highest BCUT2D eigenvalue weighted by atomic mass is 79.9. The highest BCUT2D eigenvalue weighted by Gasteiger charge is 2.22. The van der Waals surface area contributed by atoms with Crippen LogP contribution in [0.3, 0.4) is 0 Å². The number of halogens is 2. The molecule has 0 fully saturated rings. The molecule has 0 aliphatic carbocycles. The van der Waals surface area contributed by atoms with Crippen LogP contribution in [0.4, 0.5) is 0 Å². The second-order valence-corrected chi connectivity index (χ2v) is 8.61. The fourth-order valence-electron chi connectivity index (χ4n) is 1.62. The van der Waals surface area contributed by atoms with Crippen LogP contribution in [-0.2, 0) is 4.79 Å². The number of amides is 1. The van der Waals surface area contributed by atoms with E-state index in [-0.39, 0.29) is 12.3 Å². The number of carboxylic acid groups (broad SMARTS) is 1. The molecule has 8 heteroatoms. The van der Waals surface area contributed by atoms with Crippen LogP contribution in [0.25, 0.3) is 0 Å². The van der Waals surface area contributed by atoms with Crippen LogP contribution in [0.5, 0.6) is 0 Å². The maximum absolute atomic E-state index is 12.2. The van der Waals surface area contributed by atoms with Crippen molar-refractivity contribution >= 4 is 66.4 Å². The van der Waals surface area contributed by atoms with Gasteiger partial charge in [0.25, 0.3) is 5.91 Å². The van der Waals surface area contributed by atoms with Crippen LogP contribution in [0.2, 0.25) is 0 Å². The highest BCUT2D eigenvalue weighted by Crippen LogP contribution is 2.32. The first-order valence-electron chi connectivity index (χ1n) is 5.48. The Morgan fingerprint density at radius 1 is 1.40 bits per heavy atom. The summed E-state index contributed by atoms with van der Waals surface area (Å²) in [5.41, 5.74) is 0.494. The van der Waals surface area contributed by atoms with Gasteiger partial charge in [0.1, 0.15) is 0 Å². The largest absolute Gasteiger partial charge is 0.481 e. The molecule has 2 aromatic heterocycles. The number of hydrogen-bond acceptors (Lipinski definition) is 4. The molecule has 0 saturated carbocycles. The molecule has 0 spiro atoms. The first-order chi connectivity index (χ1) is 9.47. The summed E-state index contributed by atoms with van der Waals surface area (Å²) in [6.45, 7) is 0. The summed E-state index contributed by atoms with van der Waals surface area (Å²) in [7, 11) is 0. The second-order valence-electron chi connectivity index (χ2n) is 3.88. The number of aliphatic carboxylic acids is 1. The van der Waals surface area contributed by atoms with Gasteiger partial charge in [0.2, 0.25) is 0 Å². The van der Waals surface area contributed by atoms with Crippen LogP contribution in [0, 0.1) is 0 Å². The van der Waals surface area contributed by atoms with Gasteiger partial charge in [-0.25, -0.2) is 0 Å². The molecule has 2 aromatic rings. The third kappa shape index (κ3) is 3.91. The Labute approximate surface area is 140 Å². The Bertz CT molecular complexity index is 625. The molecule has 2 rings (SSSR count). The van der Waals surface area contributed by atoms with Crippen LogP contribution in [0.1, 0.15) is 27.7 Å². The van der Waals surface area contributed by atoms with Crippen LogP contribution < -0.4 is 5.32 Å². The lowest BCUT2D eigenvalue weighted by atomic mass is 10.1. The molecule has 0 bridgehead atoms. The van der Waals surface area contributed by atoms with Crippen molar-refractivity contribution in [2.75, 3.05) is 0 Å². The van der Waals surface area contributed by atoms with E-state index in [9.17, 15) is 9.59 Å². The van der Waals surface area contributed by atoms with Crippen molar-refractivity contribution in [3.8, 4) is 0 Å². The Morgan fingerprint density at radius 3 is 2.65 bits per heavy atom. The van der Waals surface area contributed by atoms with Crippen LogP contribution >= 0.6 is 54.5 Å². The SMILES string of the molecule is O=C(O)CC(NC(=O)c1cc(Br)sc1Br)c1cccs1. The fourth-order valence-corrected chi connectivity index (χ4v) is 5.19. The van der Waals surface area contributed by atoms with E-state index in [4.69, 9.17) is 5.11 Å². The van der Waals surface area contributed by atoms with E-state index in [1.165, 1.54) is 22.7 Å². The Hall–Kier alpha value is -0.700. The summed E-state index contributed by atoms with van der Waals surface area (Å²) in [5.74, 6) is -1.24. The lowest BCUT2D eigenvalue weighted by Crippen LogP contribution is -2.29. The lowest BCUT2D eigenvalue weighted by Gasteiger charge is -2.15. The van der Waals surface area contributed by atoms with Crippen molar-refractivity contribution in [1.82, 2.24) is 5.32 Å². The van der Waals surface area contributed by atoms with Gasteiger partial charge >= 0.3 is 5.97 Å². The monoisotopic (exact) mass is 437 g/mol. The summed E-state index contributed by atoms with van der Waals surface area (Å²) < 4.78 is 1.54. The molecule has 4 nitrogen and oxygen atoms in total. The minimum Gasteiger partial charge on any atom is -0.481 e. The maximum Gasteiger partial charge on any atom is 0.305 e. The first kappa shape index (κ1) is 15.7. The van der Waals surface area contributed by atoms with E-state index in [0.29, 0.717) is 9.35 Å². The van der Waals surface area contributed by atoms with Crippen molar-refractivity contribution in [2.24, 2.45) is 0 Å². The summed E-state index contributed by atoms with van der Waals surface area (Å²) in [6, 6.07) is 4.83. The van der Waals surface area contributed by atoms with E-state index in [0.717, 1.165) is 8.66 Å². The number of hydrogen-bond donors (Lipinski definition) is 2. The molecule has 0 aromatic carbocycles. The number of nitrogens with one attached hydrogen (secondary N) is 1. The highest BCUT2D eigenvalue weighted by molar-refractivity contribution is 9.12. The van der Waals surface area contributed by atoms with Crippen molar-refractivity contribution in [3.05, 3.63) is 41.6 Å².